The van der Waals surface area contributed by atoms with Crippen molar-refractivity contribution in [2.45, 2.75) is 0 Å². The molecular weight excluding hydrogens is 344 g/mol. The van der Waals surface area contributed by atoms with E-state index in [1.165, 1.54) is 0 Å². The van der Waals surface area contributed by atoms with Gasteiger partial charge in [0.05, 0.1) is 11.1 Å². The second kappa shape index (κ2) is 5.78. The molecule has 0 bridgehead atoms. The maximum absolute atomic E-state index is 11.2. The number of halogens is 1. The largest absolute Gasteiger partial charge is 0.478 e. The van der Waals surface area contributed by atoms with E-state index in [-0.39, 0.29) is 5.56 Å². The zero-order chi connectivity index (χ0) is 16.7. The number of carbonyl (C=O) groups is 1. The minimum absolute atomic E-state index is 0.222. The number of carboxylic acids is 1. The van der Waals surface area contributed by atoms with Gasteiger partial charge in [0.1, 0.15) is 5.82 Å². The third kappa shape index (κ3) is 2.58. The maximum atomic E-state index is 11.2. The average molecular weight is 355 g/mol. The number of benzene rings is 2. The van der Waals surface area contributed by atoms with Crippen LogP contribution < -0.4 is 5.32 Å². The van der Waals surface area contributed by atoms with Gasteiger partial charge in [-0.25, -0.2) is 9.78 Å². The summed E-state index contributed by atoms with van der Waals surface area (Å²) in [5.41, 5.74) is 1.70. The molecule has 118 valence electrons. The van der Waals surface area contributed by atoms with Gasteiger partial charge in [0.15, 0.2) is 0 Å². The molecule has 4 nitrogen and oxygen atoms in total. The van der Waals surface area contributed by atoms with Crippen LogP contribution in [0, 0.1) is 0 Å². The van der Waals surface area contributed by atoms with Gasteiger partial charge >= 0.3 is 5.97 Å². The van der Waals surface area contributed by atoms with Gasteiger partial charge in [-0.15, -0.1) is 11.3 Å². The molecule has 0 radical (unpaired) electrons. The van der Waals surface area contributed by atoms with Gasteiger partial charge < -0.3 is 10.4 Å². The van der Waals surface area contributed by atoms with E-state index in [2.05, 4.69) is 10.3 Å². The second-order valence-electron chi connectivity index (χ2n) is 5.30. The highest BCUT2D eigenvalue weighted by Crippen LogP contribution is 2.35. The molecule has 0 spiro atoms. The molecule has 0 aliphatic heterocycles. The zero-order valence-electron chi connectivity index (χ0n) is 12.3. The average Bonchev–Trinajstić information content (AvgIpc) is 3.04. The molecule has 0 saturated carbocycles. The highest BCUT2D eigenvalue weighted by molar-refractivity contribution is 7.18. The lowest BCUT2D eigenvalue weighted by Crippen LogP contribution is -1.98. The van der Waals surface area contributed by atoms with E-state index in [9.17, 15) is 9.90 Å². The summed E-state index contributed by atoms with van der Waals surface area (Å²) in [6, 6.07) is 14.4. The second-order valence-corrected chi connectivity index (χ2v) is 6.65. The maximum Gasteiger partial charge on any atom is 0.335 e. The van der Waals surface area contributed by atoms with E-state index in [4.69, 9.17) is 11.6 Å². The third-order valence-corrected chi connectivity index (χ3v) is 4.91. The number of pyridine rings is 1. The zero-order valence-corrected chi connectivity index (χ0v) is 13.9. The molecule has 0 fully saturated rings. The molecule has 0 amide bonds. The predicted molar refractivity (Wildman–Crippen MR) is 98.8 cm³/mol. The molecule has 4 rings (SSSR count). The Kier molecular flexibility index (Phi) is 3.59. The van der Waals surface area contributed by atoms with Crippen LogP contribution in [0.3, 0.4) is 0 Å². The van der Waals surface area contributed by atoms with Gasteiger partial charge in [0.2, 0.25) is 0 Å². The molecule has 0 unspecified atom stereocenters. The van der Waals surface area contributed by atoms with Crippen LogP contribution in [-0.4, -0.2) is 16.1 Å². The lowest BCUT2D eigenvalue weighted by atomic mass is 10.1. The van der Waals surface area contributed by atoms with Crippen LogP contribution in [0.1, 0.15) is 10.4 Å². The van der Waals surface area contributed by atoms with Gasteiger partial charge in [0.25, 0.3) is 0 Å². The van der Waals surface area contributed by atoms with Crippen LogP contribution in [0.2, 0.25) is 5.02 Å². The Morgan fingerprint density at radius 1 is 1.12 bits per heavy atom. The smallest absolute Gasteiger partial charge is 0.335 e. The molecule has 0 aliphatic carbocycles. The van der Waals surface area contributed by atoms with Gasteiger partial charge in [0, 0.05) is 26.2 Å². The summed E-state index contributed by atoms with van der Waals surface area (Å²) >= 11 is 7.64. The molecule has 2 aromatic carbocycles. The lowest BCUT2D eigenvalue weighted by Gasteiger charge is -2.10. The van der Waals surface area contributed by atoms with Crippen molar-refractivity contribution in [1.29, 1.82) is 0 Å². The van der Waals surface area contributed by atoms with Crippen LogP contribution >= 0.6 is 22.9 Å². The highest BCUT2D eigenvalue weighted by atomic mass is 35.5. The van der Waals surface area contributed by atoms with Crippen LogP contribution in [-0.2, 0) is 0 Å². The summed E-state index contributed by atoms with van der Waals surface area (Å²) in [5, 5.41) is 17.1. The van der Waals surface area contributed by atoms with Crippen molar-refractivity contribution in [3.63, 3.8) is 0 Å². The summed E-state index contributed by atoms with van der Waals surface area (Å²) in [5.74, 6) is -0.280. The molecule has 24 heavy (non-hydrogen) atoms. The lowest BCUT2D eigenvalue weighted by molar-refractivity contribution is 0.0697. The SMILES string of the molecule is O=C(O)c1ccc2c(c1)nc(Nc1cccc(Cl)c1)c1ccsc12. The Hall–Kier alpha value is -2.63. The minimum atomic E-state index is -0.964. The van der Waals surface area contributed by atoms with E-state index >= 15 is 0 Å². The first-order chi connectivity index (χ1) is 11.6. The van der Waals surface area contributed by atoms with Crippen molar-refractivity contribution in [3.05, 3.63) is 64.5 Å². The number of nitrogens with one attached hydrogen (secondary N) is 1. The number of anilines is 2. The highest BCUT2D eigenvalue weighted by Gasteiger charge is 2.12. The molecular formula is C18H11ClN2O2S. The minimum Gasteiger partial charge on any atom is -0.478 e. The van der Waals surface area contributed by atoms with Crippen molar-refractivity contribution in [3.8, 4) is 0 Å². The number of thiophene rings is 1. The van der Waals surface area contributed by atoms with E-state index in [0.717, 1.165) is 21.2 Å². The topological polar surface area (TPSA) is 62.2 Å². The standard InChI is InChI=1S/C18H11ClN2O2S/c19-11-2-1-3-12(9-11)20-17-14-6-7-24-16(14)13-5-4-10(18(22)23)8-15(13)21-17/h1-9H,(H,20,21)(H,22,23). The van der Waals surface area contributed by atoms with E-state index < -0.39 is 5.97 Å². The Balaban J connectivity index is 1.92. The summed E-state index contributed by atoms with van der Waals surface area (Å²) in [7, 11) is 0. The fourth-order valence-corrected chi connectivity index (χ4v) is 3.75. The van der Waals surface area contributed by atoms with E-state index in [1.54, 1.807) is 29.5 Å². The molecule has 4 aromatic rings. The van der Waals surface area contributed by atoms with Gasteiger partial charge in [-0.2, -0.15) is 0 Å². The molecule has 0 atom stereocenters. The van der Waals surface area contributed by atoms with Crippen molar-refractivity contribution in [2.75, 3.05) is 5.32 Å². The first-order valence-corrected chi connectivity index (χ1v) is 8.44. The van der Waals surface area contributed by atoms with Crippen molar-refractivity contribution >= 4 is 61.4 Å². The first-order valence-electron chi connectivity index (χ1n) is 7.19. The van der Waals surface area contributed by atoms with Crippen LogP contribution in [0.4, 0.5) is 11.5 Å². The number of aromatic nitrogens is 1. The molecule has 2 N–H and O–H groups in total. The fourth-order valence-electron chi connectivity index (χ4n) is 2.63. The van der Waals surface area contributed by atoms with Crippen LogP contribution in [0.25, 0.3) is 21.0 Å². The van der Waals surface area contributed by atoms with Crippen LogP contribution in [0.15, 0.2) is 53.9 Å². The Morgan fingerprint density at radius 2 is 2.00 bits per heavy atom. The van der Waals surface area contributed by atoms with Crippen molar-refractivity contribution in [2.24, 2.45) is 0 Å². The summed E-state index contributed by atoms with van der Waals surface area (Å²) in [6.45, 7) is 0. The summed E-state index contributed by atoms with van der Waals surface area (Å²) in [4.78, 5) is 15.8. The Labute approximate surface area is 146 Å². The van der Waals surface area contributed by atoms with Crippen molar-refractivity contribution in [1.82, 2.24) is 4.98 Å². The number of nitrogens with zero attached hydrogens (tertiary/aromatic N) is 1. The number of fused-ring (bicyclic) bond motifs is 3. The first kappa shape index (κ1) is 14.9. The number of hydrogen-bond donors (Lipinski definition) is 2. The molecule has 2 aromatic heterocycles. The Morgan fingerprint density at radius 3 is 2.79 bits per heavy atom. The van der Waals surface area contributed by atoms with Gasteiger partial charge in [-0.05, 0) is 41.8 Å². The molecule has 2 heterocycles. The van der Waals surface area contributed by atoms with Crippen LogP contribution in [0.5, 0.6) is 0 Å². The monoisotopic (exact) mass is 354 g/mol. The summed E-state index contributed by atoms with van der Waals surface area (Å²) in [6.07, 6.45) is 0. The van der Waals surface area contributed by atoms with Gasteiger partial charge in [-0.3, -0.25) is 0 Å². The Bertz CT molecular complexity index is 1090. The number of rotatable bonds is 3. The number of carboxylic acid groups (broad SMARTS) is 1. The van der Waals surface area contributed by atoms with E-state index in [1.807, 2.05) is 35.7 Å². The van der Waals surface area contributed by atoms with Crippen molar-refractivity contribution < 1.29 is 9.90 Å². The van der Waals surface area contributed by atoms with E-state index in [0.29, 0.717) is 16.4 Å². The third-order valence-electron chi connectivity index (χ3n) is 3.73. The predicted octanol–water partition coefficient (Wildman–Crippen LogP) is 5.54. The molecule has 0 aliphatic rings. The molecule has 0 saturated heterocycles. The quantitative estimate of drug-likeness (QED) is 0.506. The van der Waals surface area contributed by atoms with Gasteiger partial charge in [-0.1, -0.05) is 23.7 Å². The molecule has 6 heteroatoms. The number of aromatic carboxylic acids is 1. The summed E-state index contributed by atoms with van der Waals surface area (Å²) < 4.78 is 1.07. The fraction of sp³-hybridized carbons (Fsp3) is 0. The number of hydrogen-bond acceptors (Lipinski definition) is 4. The normalized spacial score (nSPS) is 11.0.